The van der Waals surface area contributed by atoms with Crippen molar-refractivity contribution in [2.75, 3.05) is 11.5 Å². The van der Waals surface area contributed by atoms with Crippen LogP contribution in [-0.4, -0.2) is 29.9 Å². The van der Waals surface area contributed by atoms with E-state index >= 15 is 0 Å². The van der Waals surface area contributed by atoms with Gasteiger partial charge < -0.3 is 20.3 Å². The summed E-state index contributed by atoms with van der Waals surface area (Å²) in [5.74, 6) is 3.84. The molecule has 0 aliphatic rings. The minimum absolute atomic E-state index is 0.0803. The Balaban J connectivity index is 0.000000161. The number of terminal acetylenes is 1. The molecule has 6 heterocycles. The maximum absolute atomic E-state index is 9.04. The van der Waals surface area contributed by atoms with Crippen molar-refractivity contribution in [2.24, 2.45) is 0 Å². The first-order valence-electron chi connectivity index (χ1n) is 11.7. The lowest BCUT2D eigenvalue weighted by molar-refractivity contribution is 0.580. The van der Waals surface area contributed by atoms with E-state index in [0.29, 0.717) is 40.0 Å². The first kappa shape index (κ1) is 25.3. The summed E-state index contributed by atoms with van der Waals surface area (Å²) in [7, 11) is 0. The molecular weight excluding hydrogens is 506 g/mol. The Morgan fingerprint density at radius 1 is 0.625 bits per heavy atom. The molecule has 0 saturated carbocycles. The van der Waals surface area contributed by atoms with Crippen molar-refractivity contribution in [3.05, 3.63) is 97.2 Å². The molecule has 11 nitrogen and oxygen atoms in total. The quantitative estimate of drug-likeness (QED) is 0.307. The Labute approximate surface area is 228 Å². The molecule has 0 aliphatic carbocycles. The summed E-state index contributed by atoms with van der Waals surface area (Å²) in [6, 6.07) is 16.2. The van der Waals surface area contributed by atoms with Crippen molar-refractivity contribution in [1.29, 1.82) is 5.26 Å². The number of nitriles is 1. The van der Waals surface area contributed by atoms with Gasteiger partial charge in [0.2, 0.25) is 0 Å². The molecule has 0 bridgehead atoms. The second-order valence-electron chi connectivity index (χ2n) is 7.99. The minimum Gasteiger partial charge on any atom is -0.463 e. The number of pyridine rings is 2. The lowest BCUT2D eigenvalue weighted by Crippen LogP contribution is -2.02. The van der Waals surface area contributed by atoms with Crippen LogP contribution in [0.25, 0.3) is 45.4 Å². The first-order valence-corrected chi connectivity index (χ1v) is 11.7. The predicted octanol–water partition coefficient (Wildman–Crippen LogP) is 4.61. The molecule has 6 aromatic heterocycles. The highest BCUT2D eigenvalue weighted by Crippen LogP contribution is 2.31. The lowest BCUT2D eigenvalue weighted by Gasteiger charge is -2.08. The molecule has 4 N–H and O–H groups in total. The van der Waals surface area contributed by atoms with Gasteiger partial charge in [-0.25, -0.2) is 19.9 Å². The second-order valence-corrected chi connectivity index (χ2v) is 7.99. The van der Waals surface area contributed by atoms with Crippen LogP contribution in [0.15, 0.2) is 94.7 Å². The van der Waals surface area contributed by atoms with Crippen LogP contribution < -0.4 is 11.5 Å². The fourth-order valence-electron chi connectivity index (χ4n) is 3.68. The van der Waals surface area contributed by atoms with E-state index in [2.05, 4.69) is 35.8 Å². The SMILES string of the molecule is C#Cc1nc(-c2ccncc2)c(-c2ccco2)nc1N.N#Cc1nc(-c2ccncc2)c(-c2ccco2)nc1N. The summed E-state index contributed by atoms with van der Waals surface area (Å²) in [4.78, 5) is 25.2. The highest BCUT2D eigenvalue weighted by atomic mass is 16.3. The van der Waals surface area contributed by atoms with Gasteiger partial charge in [0, 0.05) is 35.9 Å². The van der Waals surface area contributed by atoms with Crippen LogP contribution in [0.3, 0.4) is 0 Å². The van der Waals surface area contributed by atoms with E-state index in [-0.39, 0.29) is 17.3 Å². The molecule has 0 aliphatic heterocycles. The average molecular weight is 526 g/mol. The summed E-state index contributed by atoms with van der Waals surface area (Å²) in [6.45, 7) is 0. The standard InChI is InChI=1S/C15H10N4O.C14H9N5O/c1-2-11-15(16)19-14(12-4-3-9-20-12)13(18-11)10-5-7-17-8-6-10;15-8-10-14(16)19-13(11-2-1-7-20-11)12(18-10)9-3-5-17-6-4-9/h1,3-9H,(H2,16,19);1-7H,(H2,16,19). The number of hydrogen-bond donors (Lipinski definition) is 2. The van der Waals surface area contributed by atoms with E-state index in [4.69, 9.17) is 32.0 Å². The van der Waals surface area contributed by atoms with E-state index in [1.54, 1.807) is 73.7 Å². The van der Waals surface area contributed by atoms with Crippen LogP contribution >= 0.6 is 0 Å². The van der Waals surface area contributed by atoms with E-state index in [0.717, 1.165) is 11.1 Å². The van der Waals surface area contributed by atoms with Crippen molar-refractivity contribution in [3.8, 4) is 63.8 Å². The summed E-state index contributed by atoms with van der Waals surface area (Å²) < 4.78 is 10.7. The van der Waals surface area contributed by atoms with Crippen molar-refractivity contribution in [2.45, 2.75) is 0 Å². The van der Waals surface area contributed by atoms with Crippen LogP contribution in [-0.2, 0) is 0 Å². The fourth-order valence-corrected chi connectivity index (χ4v) is 3.68. The number of furan rings is 2. The van der Waals surface area contributed by atoms with Gasteiger partial charge in [-0.2, -0.15) is 5.26 Å². The van der Waals surface area contributed by atoms with Gasteiger partial charge in [-0.3, -0.25) is 9.97 Å². The third-order valence-electron chi connectivity index (χ3n) is 5.50. The average Bonchev–Trinajstić information content (AvgIpc) is 3.74. The summed E-state index contributed by atoms with van der Waals surface area (Å²) in [6.07, 6.45) is 15.1. The van der Waals surface area contributed by atoms with Gasteiger partial charge in [0.05, 0.1) is 12.5 Å². The number of aromatic nitrogens is 6. The predicted molar refractivity (Wildman–Crippen MR) is 147 cm³/mol. The molecule has 0 amide bonds. The molecular formula is C29H19N9O2. The Hall–Kier alpha value is -6.33. The maximum Gasteiger partial charge on any atom is 0.183 e. The van der Waals surface area contributed by atoms with E-state index in [1.165, 1.54) is 0 Å². The molecule has 0 radical (unpaired) electrons. The number of rotatable bonds is 4. The van der Waals surface area contributed by atoms with Gasteiger partial charge in [0.25, 0.3) is 0 Å². The molecule has 0 fully saturated rings. The molecule has 0 atom stereocenters. The number of nitrogen functional groups attached to an aromatic ring is 2. The molecule has 11 heteroatoms. The minimum atomic E-state index is 0.0803. The Bertz CT molecular complexity index is 1690. The second kappa shape index (κ2) is 11.4. The summed E-state index contributed by atoms with van der Waals surface area (Å²) in [5, 5.41) is 9.04. The van der Waals surface area contributed by atoms with Crippen LogP contribution in [0.1, 0.15) is 11.4 Å². The zero-order valence-corrected chi connectivity index (χ0v) is 20.8. The lowest BCUT2D eigenvalue weighted by atomic mass is 10.1. The van der Waals surface area contributed by atoms with Gasteiger partial charge in [-0.15, -0.1) is 6.42 Å². The van der Waals surface area contributed by atoms with Crippen LogP contribution in [0.4, 0.5) is 11.6 Å². The van der Waals surface area contributed by atoms with E-state index < -0.39 is 0 Å². The molecule has 6 rings (SSSR count). The Morgan fingerprint density at radius 3 is 1.48 bits per heavy atom. The molecule has 40 heavy (non-hydrogen) atoms. The van der Waals surface area contributed by atoms with Crippen molar-refractivity contribution >= 4 is 11.6 Å². The third-order valence-corrected chi connectivity index (χ3v) is 5.50. The molecule has 192 valence electrons. The van der Waals surface area contributed by atoms with Crippen LogP contribution in [0.5, 0.6) is 0 Å². The van der Waals surface area contributed by atoms with E-state index in [1.807, 2.05) is 18.2 Å². The smallest absolute Gasteiger partial charge is 0.183 e. The van der Waals surface area contributed by atoms with Crippen molar-refractivity contribution in [1.82, 2.24) is 29.9 Å². The number of hydrogen-bond acceptors (Lipinski definition) is 11. The fraction of sp³-hybridized carbons (Fsp3) is 0. The van der Waals surface area contributed by atoms with E-state index in [9.17, 15) is 0 Å². The number of nitrogens with zero attached hydrogens (tertiary/aromatic N) is 7. The molecule has 6 aromatic rings. The molecule has 0 unspecified atom stereocenters. The Morgan fingerprint density at radius 2 is 1.07 bits per heavy atom. The van der Waals surface area contributed by atoms with Gasteiger partial charge in [0.15, 0.2) is 34.5 Å². The largest absolute Gasteiger partial charge is 0.463 e. The van der Waals surface area contributed by atoms with Gasteiger partial charge in [-0.05, 0) is 54.5 Å². The highest BCUT2D eigenvalue weighted by molar-refractivity contribution is 5.78. The van der Waals surface area contributed by atoms with Crippen molar-refractivity contribution in [3.63, 3.8) is 0 Å². The highest BCUT2D eigenvalue weighted by Gasteiger charge is 2.18. The monoisotopic (exact) mass is 525 g/mol. The normalized spacial score (nSPS) is 10.2. The zero-order valence-electron chi connectivity index (χ0n) is 20.8. The Kier molecular flexibility index (Phi) is 7.20. The van der Waals surface area contributed by atoms with Gasteiger partial charge in [0.1, 0.15) is 28.8 Å². The molecule has 0 saturated heterocycles. The first-order chi connectivity index (χ1) is 19.6. The topological polar surface area (TPSA) is 179 Å². The summed E-state index contributed by atoms with van der Waals surface area (Å²) >= 11 is 0. The van der Waals surface area contributed by atoms with Gasteiger partial charge in [-0.1, -0.05) is 0 Å². The molecule has 0 aromatic carbocycles. The van der Waals surface area contributed by atoms with Crippen LogP contribution in [0, 0.1) is 23.7 Å². The number of nitrogens with two attached hydrogens (primary N) is 2. The third kappa shape index (κ3) is 5.20. The maximum atomic E-state index is 9.04. The summed E-state index contributed by atoms with van der Waals surface area (Å²) in [5.41, 5.74) is 15.8. The van der Waals surface area contributed by atoms with Crippen LogP contribution in [0.2, 0.25) is 0 Å². The van der Waals surface area contributed by atoms with Gasteiger partial charge >= 0.3 is 0 Å². The molecule has 0 spiro atoms. The zero-order chi connectivity index (χ0) is 27.9. The number of anilines is 2. The van der Waals surface area contributed by atoms with Crippen molar-refractivity contribution < 1.29 is 8.83 Å².